The van der Waals surface area contributed by atoms with Crippen molar-refractivity contribution < 1.29 is 9.35 Å². The molecule has 0 radical (unpaired) electrons. The number of fused-ring (bicyclic) bond motifs is 1. The Labute approximate surface area is 146 Å². The second-order valence-electron chi connectivity index (χ2n) is 7.19. The Hall–Kier alpha value is -1.62. The van der Waals surface area contributed by atoms with Gasteiger partial charge in [0.05, 0.1) is 6.54 Å². The zero-order valence-electron chi connectivity index (χ0n) is 14.6. The third kappa shape index (κ3) is 3.14. The van der Waals surface area contributed by atoms with Crippen LogP contribution in [0.2, 0.25) is 0 Å². The smallest absolute Gasteiger partial charge is 0.157 e. The molecule has 0 aromatic heterocycles. The van der Waals surface area contributed by atoms with Crippen molar-refractivity contribution in [2.75, 3.05) is 6.54 Å². The maximum absolute atomic E-state index is 13.0. The van der Waals surface area contributed by atoms with Gasteiger partial charge in [0.15, 0.2) is 5.78 Å². The maximum Gasteiger partial charge on any atom is 0.157 e. The number of carbonyl (C=O) groups is 1. The van der Waals surface area contributed by atoms with Crippen molar-refractivity contribution in [3.63, 3.8) is 0 Å². The van der Waals surface area contributed by atoms with Gasteiger partial charge in [-0.15, -0.1) is 4.31 Å². The molecule has 1 aliphatic rings. The van der Waals surface area contributed by atoms with Crippen molar-refractivity contribution >= 4 is 27.9 Å². The highest BCUT2D eigenvalue weighted by Crippen LogP contribution is 2.39. The zero-order valence-corrected chi connectivity index (χ0v) is 15.4. The van der Waals surface area contributed by atoms with E-state index in [0.29, 0.717) is 6.54 Å². The van der Waals surface area contributed by atoms with E-state index in [1.807, 2.05) is 49.4 Å². The lowest BCUT2D eigenvalue weighted by Gasteiger charge is -2.34. The van der Waals surface area contributed by atoms with Gasteiger partial charge in [-0.1, -0.05) is 42.5 Å². The minimum atomic E-state index is -1.19. The monoisotopic (exact) mass is 341 g/mol. The summed E-state index contributed by atoms with van der Waals surface area (Å²) in [5, 5.41) is 2.29. The van der Waals surface area contributed by atoms with Gasteiger partial charge >= 0.3 is 0 Å². The van der Waals surface area contributed by atoms with Gasteiger partial charge in [0.2, 0.25) is 0 Å². The standard InChI is InChI=1S/C20H23NO2S/c1-14(22)18-11-12-21(24(23)20(2,3)4)19(18)17-10-9-15-7-5-6-8-16(15)13-17/h5-11,13,19H,12H2,1-4H3/t19-,24?/m1/s1. The van der Waals surface area contributed by atoms with E-state index in [1.54, 1.807) is 6.92 Å². The third-order valence-corrected chi connectivity index (χ3v) is 6.14. The molecule has 0 amide bonds. The molecule has 1 unspecified atom stereocenters. The molecule has 4 heteroatoms. The topological polar surface area (TPSA) is 43.4 Å². The number of nitrogens with zero attached hydrogens (tertiary/aromatic N) is 1. The lowest BCUT2D eigenvalue weighted by atomic mass is 9.96. The van der Waals surface area contributed by atoms with Gasteiger partial charge < -0.3 is 4.55 Å². The fourth-order valence-corrected chi connectivity index (χ4v) is 4.48. The summed E-state index contributed by atoms with van der Waals surface area (Å²) in [6, 6.07) is 14.1. The van der Waals surface area contributed by atoms with E-state index in [0.717, 1.165) is 21.9 Å². The van der Waals surface area contributed by atoms with Crippen LogP contribution in [0.4, 0.5) is 0 Å². The largest absolute Gasteiger partial charge is 0.597 e. The molecular weight excluding hydrogens is 318 g/mol. The van der Waals surface area contributed by atoms with E-state index in [2.05, 4.69) is 24.3 Å². The van der Waals surface area contributed by atoms with Gasteiger partial charge in [0.1, 0.15) is 10.8 Å². The van der Waals surface area contributed by atoms with E-state index in [-0.39, 0.29) is 16.6 Å². The fourth-order valence-electron chi connectivity index (χ4n) is 3.14. The summed E-state index contributed by atoms with van der Waals surface area (Å²) >= 11 is -1.19. The molecule has 0 spiro atoms. The summed E-state index contributed by atoms with van der Waals surface area (Å²) in [4.78, 5) is 12.1. The van der Waals surface area contributed by atoms with Crippen molar-refractivity contribution in [3.05, 3.63) is 59.7 Å². The van der Waals surface area contributed by atoms with Crippen LogP contribution in [-0.2, 0) is 16.2 Å². The Morgan fingerprint density at radius 3 is 2.46 bits per heavy atom. The van der Waals surface area contributed by atoms with Crippen LogP contribution < -0.4 is 0 Å². The zero-order chi connectivity index (χ0) is 17.5. The molecule has 0 bridgehead atoms. The first-order valence-corrected chi connectivity index (χ1v) is 9.28. The maximum atomic E-state index is 13.0. The van der Waals surface area contributed by atoms with E-state index in [1.165, 1.54) is 0 Å². The van der Waals surface area contributed by atoms with Gasteiger partial charge in [-0.05, 0) is 50.1 Å². The predicted octanol–water partition coefficient (Wildman–Crippen LogP) is 4.17. The average Bonchev–Trinajstić information content (AvgIpc) is 2.97. The van der Waals surface area contributed by atoms with Gasteiger partial charge in [0, 0.05) is 16.9 Å². The van der Waals surface area contributed by atoms with Crippen molar-refractivity contribution in [1.82, 2.24) is 4.31 Å². The summed E-state index contributed by atoms with van der Waals surface area (Å²) in [5.41, 5.74) is 1.76. The molecule has 2 aromatic carbocycles. The molecule has 2 atom stereocenters. The number of Topliss-reactive ketones (excluding diaryl/α,β-unsaturated/α-hetero) is 1. The van der Waals surface area contributed by atoms with Crippen molar-refractivity contribution in [2.45, 2.75) is 38.5 Å². The van der Waals surface area contributed by atoms with Crippen molar-refractivity contribution in [3.8, 4) is 0 Å². The number of hydrogen-bond acceptors (Lipinski definition) is 3. The molecule has 24 heavy (non-hydrogen) atoms. The van der Waals surface area contributed by atoms with E-state index in [4.69, 9.17) is 0 Å². The van der Waals surface area contributed by atoms with Crippen LogP contribution in [0.3, 0.4) is 0 Å². The van der Waals surface area contributed by atoms with Crippen LogP contribution in [0, 0.1) is 0 Å². The summed E-state index contributed by atoms with van der Waals surface area (Å²) in [6.45, 7) is 8.02. The molecule has 3 nitrogen and oxygen atoms in total. The van der Waals surface area contributed by atoms with Crippen molar-refractivity contribution in [2.24, 2.45) is 0 Å². The van der Waals surface area contributed by atoms with Crippen LogP contribution >= 0.6 is 0 Å². The Bertz CT molecular complexity index is 807. The minimum absolute atomic E-state index is 0.0431. The number of ketones is 1. The van der Waals surface area contributed by atoms with Crippen LogP contribution in [0.5, 0.6) is 0 Å². The summed E-state index contributed by atoms with van der Waals surface area (Å²) in [5.74, 6) is 0.0431. The first kappa shape index (κ1) is 17.2. The van der Waals surface area contributed by atoms with Crippen LogP contribution in [-0.4, -0.2) is 25.9 Å². The highest BCUT2D eigenvalue weighted by Gasteiger charge is 2.43. The summed E-state index contributed by atoms with van der Waals surface area (Å²) < 4.78 is 14.5. The summed E-state index contributed by atoms with van der Waals surface area (Å²) in [6.07, 6.45) is 1.92. The number of rotatable bonds is 3. The number of benzene rings is 2. The highest BCUT2D eigenvalue weighted by molar-refractivity contribution is 7.90. The van der Waals surface area contributed by atoms with Crippen molar-refractivity contribution in [1.29, 1.82) is 0 Å². The molecule has 0 saturated carbocycles. The average molecular weight is 341 g/mol. The molecule has 1 aliphatic heterocycles. The van der Waals surface area contributed by atoms with Gasteiger partial charge in [-0.3, -0.25) is 4.79 Å². The molecule has 0 fully saturated rings. The van der Waals surface area contributed by atoms with Gasteiger partial charge in [-0.25, -0.2) is 0 Å². The second kappa shape index (κ2) is 6.36. The Kier molecular flexibility index (Phi) is 4.56. The van der Waals surface area contributed by atoms with E-state index < -0.39 is 11.4 Å². The molecule has 0 saturated heterocycles. The lowest BCUT2D eigenvalue weighted by Crippen LogP contribution is -2.43. The number of carbonyl (C=O) groups excluding carboxylic acids is 1. The lowest BCUT2D eigenvalue weighted by molar-refractivity contribution is -0.114. The molecule has 2 aromatic rings. The van der Waals surface area contributed by atoms with Crippen LogP contribution in [0.15, 0.2) is 54.1 Å². The summed E-state index contributed by atoms with van der Waals surface area (Å²) in [7, 11) is 0. The Balaban J connectivity index is 2.06. The first-order valence-electron chi connectivity index (χ1n) is 8.17. The first-order chi connectivity index (χ1) is 11.3. The third-order valence-electron chi connectivity index (χ3n) is 4.31. The fraction of sp³-hybridized carbons (Fsp3) is 0.350. The number of hydrogen-bond donors (Lipinski definition) is 0. The Morgan fingerprint density at radius 2 is 1.83 bits per heavy atom. The minimum Gasteiger partial charge on any atom is -0.597 e. The Morgan fingerprint density at radius 1 is 1.17 bits per heavy atom. The molecule has 0 N–H and O–H groups in total. The van der Waals surface area contributed by atoms with Crippen LogP contribution in [0.25, 0.3) is 10.8 Å². The predicted molar refractivity (Wildman–Crippen MR) is 100 cm³/mol. The molecule has 1 heterocycles. The van der Waals surface area contributed by atoms with E-state index >= 15 is 0 Å². The van der Waals surface area contributed by atoms with Crippen LogP contribution in [0.1, 0.15) is 39.3 Å². The van der Waals surface area contributed by atoms with Gasteiger partial charge in [0.25, 0.3) is 0 Å². The molecule has 0 aliphatic carbocycles. The molecular formula is C20H23NO2S. The normalized spacial score (nSPS) is 20.2. The second-order valence-corrected chi connectivity index (χ2v) is 9.38. The molecule has 3 rings (SSSR count). The quantitative estimate of drug-likeness (QED) is 0.787. The van der Waals surface area contributed by atoms with Gasteiger partial charge in [-0.2, -0.15) is 0 Å². The molecule has 126 valence electrons. The SMILES string of the molecule is CC(=O)C1=CCN([S+]([O-])C(C)(C)C)[C@@H]1c1ccc2ccccc2c1. The highest BCUT2D eigenvalue weighted by atomic mass is 32.2. The van der Waals surface area contributed by atoms with E-state index in [9.17, 15) is 9.35 Å².